The first-order valence-corrected chi connectivity index (χ1v) is 10.5. The summed E-state index contributed by atoms with van der Waals surface area (Å²) in [5.74, 6) is -0.209. The van der Waals surface area contributed by atoms with Gasteiger partial charge in [-0.3, -0.25) is 14.2 Å². The van der Waals surface area contributed by atoms with Gasteiger partial charge in [0.2, 0.25) is 0 Å². The maximum absolute atomic E-state index is 12.5. The lowest BCUT2D eigenvalue weighted by molar-refractivity contribution is 0.0947. The molecule has 8 heteroatoms. The molecule has 5 rings (SSSR count). The van der Waals surface area contributed by atoms with Crippen molar-refractivity contribution in [1.82, 2.24) is 30.2 Å². The number of amides is 2. The molecule has 2 amide bonds. The van der Waals surface area contributed by atoms with Crippen LogP contribution in [0.25, 0.3) is 28.1 Å². The number of fused-ring (bicyclic) bond motifs is 1. The number of carbonyl (C=O) groups excluding carboxylic acids is 2. The summed E-state index contributed by atoms with van der Waals surface area (Å²) >= 11 is 0. The van der Waals surface area contributed by atoms with E-state index >= 15 is 0 Å². The van der Waals surface area contributed by atoms with Crippen molar-refractivity contribution in [2.24, 2.45) is 0 Å². The first kappa shape index (κ1) is 19.9. The van der Waals surface area contributed by atoms with Gasteiger partial charge in [-0.25, -0.2) is 15.0 Å². The highest BCUT2D eigenvalue weighted by Crippen LogP contribution is 2.28. The first-order valence-electron chi connectivity index (χ1n) is 10.5. The average Bonchev–Trinajstić information content (AvgIpc) is 3.53. The van der Waals surface area contributed by atoms with Crippen LogP contribution in [0.4, 0.5) is 0 Å². The van der Waals surface area contributed by atoms with Crippen molar-refractivity contribution in [2.75, 3.05) is 7.05 Å². The van der Waals surface area contributed by atoms with Gasteiger partial charge in [0.15, 0.2) is 5.65 Å². The van der Waals surface area contributed by atoms with E-state index in [0.29, 0.717) is 34.0 Å². The highest BCUT2D eigenvalue weighted by molar-refractivity contribution is 5.96. The molecule has 0 aliphatic heterocycles. The van der Waals surface area contributed by atoms with Gasteiger partial charge in [-0.2, -0.15) is 0 Å². The summed E-state index contributed by atoms with van der Waals surface area (Å²) in [7, 11) is 1.60. The molecule has 4 aromatic rings. The summed E-state index contributed by atoms with van der Waals surface area (Å²) in [6, 6.07) is 13.1. The predicted octanol–water partition coefficient (Wildman–Crippen LogP) is 3.04. The lowest BCUT2D eigenvalue weighted by Gasteiger charge is -2.11. The van der Waals surface area contributed by atoms with E-state index in [1.54, 1.807) is 25.5 Å². The Morgan fingerprint density at radius 3 is 2.44 bits per heavy atom. The van der Waals surface area contributed by atoms with E-state index in [-0.39, 0.29) is 11.8 Å². The number of hydrogen-bond donors (Lipinski definition) is 2. The monoisotopic (exact) mass is 426 g/mol. The van der Waals surface area contributed by atoms with E-state index in [4.69, 9.17) is 0 Å². The van der Waals surface area contributed by atoms with E-state index in [9.17, 15) is 9.59 Å². The Balaban J connectivity index is 1.55. The smallest absolute Gasteiger partial charge is 0.251 e. The number of rotatable bonds is 5. The van der Waals surface area contributed by atoms with E-state index in [2.05, 4.69) is 25.6 Å². The van der Waals surface area contributed by atoms with Crippen LogP contribution in [0.5, 0.6) is 0 Å². The van der Waals surface area contributed by atoms with Crippen molar-refractivity contribution < 1.29 is 9.59 Å². The first-order chi connectivity index (χ1) is 15.5. The minimum atomic E-state index is -0.144. The average molecular weight is 426 g/mol. The topological polar surface area (TPSA) is 102 Å². The molecule has 0 bridgehead atoms. The van der Waals surface area contributed by atoms with Gasteiger partial charge in [0, 0.05) is 29.8 Å². The Hall–Kier alpha value is -4.07. The van der Waals surface area contributed by atoms with Crippen molar-refractivity contribution >= 4 is 23.0 Å². The Morgan fingerprint density at radius 1 is 0.969 bits per heavy atom. The molecule has 160 valence electrons. The molecule has 2 N–H and O–H groups in total. The number of nitrogens with one attached hydrogen (secondary N) is 2. The molecule has 1 aliphatic rings. The second-order valence-corrected chi connectivity index (χ2v) is 7.91. The van der Waals surface area contributed by atoms with Crippen molar-refractivity contribution in [1.29, 1.82) is 0 Å². The molecule has 1 fully saturated rings. The van der Waals surface area contributed by atoms with E-state index in [1.165, 1.54) is 6.33 Å². The largest absolute Gasteiger partial charge is 0.355 e. The zero-order valence-corrected chi connectivity index (χ0v) is 17.8. The van der Waals surface area contributed by atoms with E-state index in [0.717, 1.165) is 29.7 Å². The summed E-state index contributed by atoms with van der Waals surface area (Å²) in [6.07, 6.45) is 5.29. The molecule has 1 saturated carbocycles. The number of hydrogen-bond acceptors (Lipinski definition) is 5. The standard InChI is InChI=1S/C24H22N6O2/c1-14-3-4-17(24(32)29-18-9-10-18)11-19(14)30-13-28-21-20(26-12-27-22(21)30)15-5-7-16(8-6-15)23(31)25-2/h3-8,11-13,18H,9-10H2,1-2H3,(H,25,31)(H,29,32). The SMILES string of the molecule is CNC(=O)c1ccc(-c2ncnc3c2ncn3-c2cc(C(=O)NC3CC3)ccc2C)cc1. The van der Waals surface area contributed by atoms with Crippen LogP contribution < -0.4 is 10.6 Å². The predicted molar refractivity (Wildman–Crippen MR) is 121 cm³/mol. The third kappa shape index (κ3) is 3.60. The van der Waals surface area contributed by atoms with Gasteiger partial charge >= 0.3 is 0 Å². The summed E-state index contributed by atoms with van der Waals surface area (Å²) in [5.41, 5.74) is 5.84. The van der Waals surface area contributed by atoms with Crippen molar-refractivity contribution in [2.45, 2.75) is 25.8 Å². The number of nitrogens with zero attached hydrogens (tertiary/aromatic N) is 4. The van der Waals surface area contributed by atoms with Crippen LogP contribution >= 0.6 is 0 Å². The number of aromatic nitrogens is 4. The molecular formula is C24H22N6O2. The zero-order chi connectivity index (χ0) is 22.2. The minimum Gasteiger partial charge on any atom is -0.355 e. The molecular weight excluding hydrogens is 404 g/mol. The molecule has 32 heavy (non-hydrogen) atoms. The van der Waals surface area contributed by atoms with Crippen molar-refractivity contribution in [3.05, 3.63) is 71.8 Å². The van der Waals surface area contributed by atoms with Crippen LogP contribution in [0.15, 0.2) is 55.1 Å². The van der Waals surface area contributed by atoms with Gasteiger partial charge in [-0.1, -0.05) is 18.2 Å². The fourth-order valence-corrected chi connectivity index (χ4v) is 3.65. The van der Waals surface area contributed by atoms with E-state index in [1.807, 2.05) is 41.8 Å². The third-order valence-corrected chi connectivity index (χ3v) is 5.62. The molecule has 8 nitrogen and oxygen atoms in total. The maximum Gasteiger partial charge on any atom is 0.251 e. The highest BCUT2D eigenvalue weighted by atomic mass is 16.2. The zero-order valence-electron chi connectivity index (χ0n) is 17.8. The summed E-state index contributed by atoms with van der Waals surface area (Å²) in [5, 5.41) is 5.64. The minimum absolute atomic E-state index is 0.0651. The second-order valence-electron chi connectivity index (χ2n) is 7.91. The van der Waals surface area contributed by atoms with E-state index < -0.39 is 0 Å². The molecule has 2 aromatic carbocycles. The van der Waals surface area contributed by atoms with Gasteiger partial charge in [0.25, 0.3) is 11.8 Å². The quantitative estimate of drug-likeness (QED) is 0.511. The molecule has 0 saturated heterocycles. The number of benzene rings is 2. The van der Waals surface area contributed by atoms with Gasteiger partial charge in [-0.05, 0) is 49.6 Å². The normalized spacial score (nSPS) is 13.2. The van der Waals surface area contributed by atoms with Crippen LogP contribution in [-0.4, -0.2) is 44.4 Å². The molecule has 0 spiro atoms. The van der Waals surface area contributed by atoms with Crippen LogP contribution in [0, 0.1) is 6.92 Å². The maximum atomic E-state index is 12.5. The fraction of sp³-hybridized carbons (Fsp3) is 0.208. The Kier molecular flexibility index (Phi) is 4.89. The summed E-state index contributed by atoms with van der Waals surface area (Å²) in [6.45, 7) is 1.99. The molecule has 2 heterocycles. The lowest BCUT2D eigenvalue weighted by atomic mass is 10.1. The van der Waals surface area contributed by atoms with Crippen LogP contribution in [0.3, 0.4) is 0 Å². The van der Waals surface area contributed by atoms with Crippen molar-refractivity contribution in [3.63, 3.8) is 0 Å². The molecule has 2 aromatic heterocycles. The lowest BCUT2D eigenvalue weighted by Crippen LogP contribution is -2.25. The van der Waals surface area contributed by atoms with Crippen LogP contribution in [-0.2, 0) is 0 Å². The number of imidazole rings is 1. The van der Waals surface area contributed by atoms with Gasteiger partial charge in [0.05, 0.1) is 5.69 Å². The molecule has 0 unspecified atom stereocenters. The highest BCUT2D eigenvalue weighted by Gasteiger charge is 2.24. The fourth-order valence-electron chi connectivity index (χ4n) is 3.65. The molecule has 0 atom stereocenters. The van der Waals surface area contributed by atoms with Gasteiger partial charge in [-0.15, -0.1) is 0 Å². The number of carbonyl (C=O) groups is 2. The Labute approximate surface area is 184 Å². The van der Waals surface area contributed by atoms with Crippen LogP contribution in [0.2, 0.25) is 0 Å². The molecule has 1 aliphatic carbocycles. The Bertz CT molecular complexity index is 1340. The Morgan fingerprint density at radius 2 is 1.72 bits per heavy atom. The van der Waals surface area contributed by atoms with Crippen molar-refractivity contribution in [3.8, 4) is 16.9 Å². The third-order valence-electron chi connectivity index (χ3n) is 5.62. The van der Waals surface area contributed by atoms with Crippen LogP contribution in [0.1, 0.15) is 39.1 Å². The van der Waals surface area contributed by atoms with Gasteiger partial charge < -0.3 is 10.6 Å². The van der Waals surface area contributed by atoms with Gasteiger partial charge in [0.1, 0.15) is 23.9 Å². The molecule has 0 radical (unpaired) electrons. The summed E-state index contributed by atoms with van der Waals surface area (Å²) < 4.78 is 1.88. The number of aryl methyl sites for hydroxylation is 1. The summed E-state index contributed by atoms with van der Waals surface area (Å²) in [4.78, 5) is 37.8. The second kappa shape index (κ2) is 7.88.